The number of benzene rings is 1. The van der Waals surface area contributed by atoms with Gasteiger partial charge in [0.25, 0.3) is 0 Å². The van der Waals surface area contributed by atoms with Crippen LogP contribution in [-0.4, -0.2) is 18.1 Å². The molecule has 5 nitrogen and oxygen atoms in total. The number of pyridine rings is 1. The van der Waals surface area contributed by atoms with Crippen molar-refractivity contribution in [3.05, 3.63) is 66.2 Å². The van der Waals surface area contributed by atoms with Gasteiger partial charge in [-0.2, -0.15) is 0 Å². The molecule has 0 aliphatic rings. The highest BCUT2D eigenvalue weighted by Crippen LogP contribution is 2.26. The predicted octanol–water partition coefficient (Wildman–Crippen LogP) is 3.39. The number of carbonyl (C=O) groups excluding carboxylic acids is 1. The standard InChI is InChI=1S/C18H18N2O3/c1-12(16-10-13-6-3-4-8-15(13)23-16)20-17(18(21)22-2)14-7-5-9-19-11-14/h3-12,17,20H,1-2H3. The molecule has 0 spiro atoms. The van der Waals surface area contributed by atoms with Gasteiger partial charge in [-0.3, -0.25) is 10.3 Å². The molecule has 2 aromatic heterocycles. The Kier molecular flexibility index (Phi) is 4.39. The topological polar surface area (TPSA) is 64.4 Å². The van der Waals surface area contributed by atoms with Crippen molar-refractivity contribution in [3.63, 3.8) is 0 Å². The van der Waals surface area contributed by atoms with Crippen LogP contribution in [0.5, 0.6) is 0 Å². The normalized spacial score (nSPS) is 13.7. The third-order valence-corrected chi connectivity index (χ3v) is 3.74. The van der Waals surface area contributed by atoms with E-state index < -0.39 is 6.04 Å². The number of nitrogens with zero attached hydrogens (tertiary/aromatic N) is 1. The summed E-state index contributed by atoms with van der Waals surface area (Å²) in [5, 5.41) is 4.29. The van der Waals surface area contributed by atoms with E-state index in [4.69, 9.17) is 9.15 Å². The number of methoxy groups -OCH3 is 1. The number of ether oxygens (including phenoxy) is 1. The van der Waals surface area contributed by atoms with E-state index in [-0.39, 0.29) is 12.0 Å². The number of rotatable bonds is 5. The highest BCUT2D eigenvalue weighted by molar-refractivity contribution is 5.78. The van der Waals surface area contributed by atoms with E-state index in [2.05, 4.69) is 10.3 Å². The summed E-state index contributed by atoms with van der Waals surface area (Å²) in [7, 11) is 1.37. The first-order valence-electron chi connectivity index (χ1n) is 7.41. The van der Waals surface area contributed by atoms with E-state index in [1.165, 1.54) is 7.11 Å². The van der Waals surface area contributed by atoms with Crippen molar-refractivity contribution in [1.29, 1.82) is 0 Å². The quantitative estimate of drug-likeness (QED) is 0.732. The van der Waals surface area contributed by atoms with Gasteiger partial charge < -0.3 is 9.15 Å². The molecule has 0 aliphatic heterocycles. The van der Waals surface area contributed by atoms with Gasteiger partial charge in [0.1, 0.15) is 17.4 Å². The van der Waals surface area contributed by atoms with E-state index in [0.29, 0.717) is 0 Å². The maximum atomic E-state index is 12.1. The highest BCUT2D eigenvalue weighted by Gasteiger charge is 2.25. The van der Waals surface area contributed by atoms with Crippen molar-refractivity contribution >= 4 is 16.9 Å². The Bertz CT molecular complexity index is 765. The van der Waals surface area contributed by atoms with E-state index in [1.807, 2.05) is 43.3 Å². The minimum Gasteiger partial charge on any atom is -0.468 e. The van der Waals surface area contributed by atoms with E-state index in [9.17, 15) is 4.79 Å². The van der Waals surface area contributed by atoms with Crippen molar-refractivity contribution in [3.8, 4) is 0 Å². The molecule has 1 N–H and O–H groups in total. The average molecular weight is 310 g/mol. The maximum absolute atomic E-state index is 12.1. The first-order valence-corrected chi connectivity index (χ1v) is 7.41. The fourth-order valence-electron chi connectivity index (χ4n) is 2.51. The van der Waals surface area contributed by atoms with Gasteiger partial charge in [-0.05, 0) is 30.7 Å². The first-order chi connectivity index (χ1) is 11.2. The minimum atomic E-state index is -0.600. The van der Waals surface area contributed by atoms with Gasteiger partial charge in [0.05, 0.1) is 13.2 Å². The molecule has 3 rings (SSSR count). The molecule has 0 aliphatic carbocycles. The summed E-state index contributed by atoms with van der Waals surface area (Å²) in [6.07, 6.45) is 3.32. The first kappa shape index (κ1) is 15.2. The summed E-state index contributed by atoms with van der Waals surface area (Å²) in [6.45, 7) is 1.95. The Balaban J connectivity index is 1.85. The Morgan fingerprint density at radius 2 is 2.09 bits per heavy atom. The Hall–Kier alpha value is -2.66. The molecule has 3 aromatic rings. The second-order valence-electron chi connectivity index (χ2n) is 5.32. The second kappa shape index (κ2) is 6.62. The smallest absolute Gasteiger partial charge is 0.327 e. The molecule has 23 heavy (non-hydrogen) atoms. The summed E-state index contributed by atoms with van der Waals surface area (Å²) in [6, 6.07) is 12.7. The lowest BCUT2D eigenvalue weighted by Gasteiger charge is -2.20. The van der Waals surface area contributed by atoms with Gasteiger partial charge in [0.15, 0.2) is 0 Å². The van der Waals surface area contributed by atoms with Crippen molar-refractivity contribution < 1.29 is 13.9 Å². The highest BCUT2D eigenvalue weighted by atomic mass is 16.5. The summed E-state index contributed by atoms with van der Waals surface area (Å²) in [4.78, 5) is 16.2. The molecular weight excluding hydrogens is 292 g/mol. The lowest BCUT2D eigenvalue weighted by Crippen LogP contribution is -2.31. The zero-order valence-electron chi connectivity index (χ0n) is 13.0. The van der Waals surface area contributed by atoms with Crippen molar-refractivity contribution in [2.45, 2.75) is 19.0 Å². The van der Waals surface area contributed by atoms with Gasteiger partial charge in [-0.15, -0.1) is 0 Å². The summed E-state index contributed by atoms with van der Waals surface area (Å²) >= 11 is 0. The zero-order valence-corrected chi connectivity index (χ0v) is 13.0. The fraction of sp³-hybridized carbons (Fsp3) is 0.222. The van der Waals surface area contributed by atoms with Crippen LogP contribution in [0.25, 0.3) is 11.0 Å². The van der Waals surface area contributed by atoms with Crippen LogP contribution in [0.2, 0.25) is 0 Å². The maximum Gasteiger partial charge on any atom is 0.327 e. The number of nitrogens with one attached hydrogen (secondary N) is 1. The number of hydrogen-bond acceptors (Lipinski definition) is 5. The fourth-order valence-corrected chi connectivity index (χ4v) is 2.51. The monoisotopic (exact) mass is 310 g/mol. The molecule has 0 fully saturated rings. The van der Waals surface area contributed by atoms with Crippen molar-refractivity contribution in [1.82, 2.24) is 10.3 Å². The van der Waals surface area contributed by atoms with Gasteiger partial charge in [0.2, 0.25) is 0 Å². The second-order valence-corrected chi connectivity index (χ2v) is 5.32. The molecule has 0 amide bonds. The molecule has 1 aromatic carbocycles. The lowest BCUT2D eigenvalue weighted by atomic mass is 10.1. The van der Waals surface area contributed by atoms with E-state index >= 15 is 0 Å². The van der Waals surface area contributed by atoms with Crippen LogP contribution in [0.3, 0.4) is 0 Å². The Morgan fingerprint density at radius 1 is 1.26 bits per heavy atom. The molecule has 2 heterocycles. The molecule has 0 saturated heterocycles. The molecule has 2 atom stereocenters. The largest absolute Gasteiger partial charge is 0.468 e. The van der Waals surface area contributed by atoms with Crippen molar-refractivity contribution in [2.75, 3.05) is 7.11 Å². The third-order valence-electron chi connectivity index (χ3n) is 3.74. The predicted molar refractivity (Wildman–Crippen MR) is 86.8 cm³/mol. The zero-order chi connectivity index (χ0) is 16.2. The molecule has 0 saturated carbocycles. The van der Waals surface area contributed by atoms with Crippen LogP contribution in [0.4, 0.5) is 0 Å². The minimum absolute atomic E-state index is 0.160. The van der Waals surface area contributed by atoms with Gasteiger partial charge >= 0.3 is 5.97 Å². The average Bonchev–Trinajstić information content (AvgIpc) is 3.04. The molecule has 118 valence electrons. The number of para-hydroxylation sites is 1. The van der Waals surface area contributed by atoms with Crippen LogP contribution >= 0.6 is 0 Å². The summed E-state index contributed by atoms with van der Waals surface area (Å²) in [5.74, 6) is 0.407. The van der Waals surface area contributed by atoms with Crippen LogP contribution in [0.1, 0.15) is 30.3 Å². The lowest BCUT2D eigenvalue weighted by molar-refractivity contribution is -0.143. The van der Waals surface area contributed by atoms with Gasteiger partial charge in [-0.1, -0.05) is 24.3 Å². The van der Waals surface area contributed by atoms with Crippen LogP contribution < -0.4 is 5.32 Å². The van der Waals surface area contributed by atoms with E-state index in [0.717, 1.165) is 22.3 Å². The van der Waals surface area contributed by atoms with Crippen LogP contribution in [0, 0.1) is 0 Å². The third kappa shape index (κ3) is 3.24. The Morgan fingerprint density at radius 3 is 2.78 bits per heavy atom. The van der Waals surface area contributed by atoms with Gasteiger partial charge in [-0.25, -0.2) is 4.79 Å². The van der Waals surface area contributed by atoms with Crippen molar-refractivity contribution in [2.24, 2.45) is 0 Å². The molecule has 0 radical (unpaired) electrons. The summed E-state index contributed by atoms with van der Waals surface area (Å²) < 4.78 is 10.8. The SMILES string of the molecule is COC(=O)C(NC(C)c1cc2ccccc2o1)c1cccnc1. The number of esters is 1. The van der Waals surface area contributed by atoms with E-state index in [1.54, 1.807) is 18.5 Å². The molecule has 2 unspecified atom stereocenters. The number of fused-ring (bicyclic) bond motifs is 1. The Labute approximate surface area is 134 Å². The molecule has 0 bridgehead atoms. The van der Waals surface area contributed by atoms with Crippen LogP contribution in [0.15, 0.2) is 59.3 Å². The number of hydrogen-bond donors (Lipinski definition) is 1. The number of carbonyl (C=O) groups is 1. The molecule has 5 heteroatoms. The number of aromatic nitrogens is 1. The van der Waals surface area contributed by atoms with Crippen LogP contribution in [-0.2, 0) is 9.53 Å². The number of furan rings is 1. The van der Waals surface area contributed by atoms with Gasteiger partial charge in [0, 0.05) is 17.8 Å². The molecular formula is C18H18N2O3. The summed E-state index contributed by atoms with van der Waals surface area (Å²) in [5.41, 5.74) is 1.58.